The van der Waals surface area contributed by atoms with Crippen molar-refractivity contribution in [3.05, 3.63) is 35.4 Å². The van der Waals surface area contributed by atoms with Gasteiger partial charge in [-0.25, -0.2) is 0 Å². The molecule has 1 rings (SSSR count). The summed E-state index contributed by atoms with van der Waals surface area (Å²) in [6.07, 6.45) is -3.30. The van der Waals surface area contributed by atoms with E-state index in [1.54, 1.807) is 36.5 Å². The lowest BCUT2D eigenvalue weighted by Gasteiger charge is -2.21. The molecular weight excluding hydrogens is 371 g/mol. The Hall–Kier alpha value is -2.04. The first kappa shape index (κ1) is 24.0. The lowest BCUT2D eigenvalue weighted by atomic mass is 9.92. The normalized spacial score (nSPS) is 14.0. The van der Waals surface area contributed by atoms with Crippen molar-refractivity contribution in [3.63, 3.8) is 0 Å². The van der Waals surface area contributed by atoms with E-state index >= 15 is 0 Å². The summed E-state index contributed by atoms with van der Waals surface area (Å²) in [5.74, 6) is 3.17. The van der Waals surface area contributed by atoms with Crippen molar-refractivity contribution >= 4 is 5.91 Å². The summed E-state index contributed by atoms with van der Waals surface area (Å²) in [5.41, 5.74) is 0.0107. The zero-order valence-corrected chi connectivity index (χ0v) is 16.4. The molecule has 0 aliphatic carbocycles. The number of carbonyl (C=O) groups excluding carboxylic acids is 1. The van der Waals surface area contributed by atoms with Crippen LogP contribution in [-0.4, -0.2) is 34.4 Å². The molecular formula is C21H28F3NO3. The minimum atomic E-state index is -4.95. The number of aliphatic hydroxyl groups excluding tert-OH is 1. The van der Waals surface area contributed by atoms with Crippen LogP contribution in [0.15, 0.2) is 24.3 Å². The van der Waals surface area contributed by atoms with Gasteiger partial charge >= 0.3 is 12.1 Å². The number of alkyl halides is 3. The molecule has 2 atom stereocenters. The summed E-state index contributed by atoms with van der Waals surface area (Å²) in [4.78, 5) is 10.9. The Morgan fingerprint density at radius 2 is 1.82 bits per heavy atom. The molecule has 0 spiro atoms. The molecule has 0 aromatic heterocycles. The third kappa shape index (κ3) is 7.53. The van der Waals surface area contributed by atoms with Gasteiger partial charge in [-0.3, -0.25) is 4.79 Å². The van der Waals surface area contributed by atoms with E-state index in [0.717, 1.165) is 12.8 Å². The third-order valence-electron chi connectivity index (χ3n) is 4.38. The molecule has 4 nitrogen and oxygen atoms in total. The van der Waals surface area contributed by atoms with Crippen LogP contribution in [0, 0.1) is 17.8 Å². The van der Waals surface area contributed by atoms with Gasteiger partial charge < -0.3 is 15.5 Å². The summed E-state index contributed by atoms with van der Waals surface area (Å²) in [5, 5.41) is 22.7. The Morgan fingerprint density at radius 1 is 1.21 bits per heavy atom. The highest BCUT2D eigenvalue weighted by Gasteiger charge is 2.38. The van der Waals surface area contributed by atoms with Crippen molar-refractivity contribution in [2.45, 2.75) is 64.3 Å². The number of hydrogen-bond donors (Lipinski definition) is 3. The van der Waals surface area contributed by atoms with Crippen LogP contribution in [0.3, 0.4) is 0 Å². The van der Waals surface area contributed by atoms with E-state index in [4.69, 9.17) is 0 Å². The van der Waals surface area contributed by atoms with Gasteiger partial charge in [0.25, 0.3) is 0 Å². The smallest absolute Gasteiger partial charge is 0.388 e. The molecule has 0 fully saturated rings. The second-order valence-corrected chi connectivity index (χ2v) is 7.04. The van der Waals surface area contributed by atoms with E-state index < -0.39 is 29.7 Å². The van der Waals surface area contributed by atoms with Gasteiger partial charge in [0, 0.05) is 18.0 Å². The standard InChI is InChI=1S/C21H28F3NO3/c1-4-10-20(28,11-5-2)12-9-16-7-6-8-17(13-16)18(26)15(3)14-25-19(27)21(22,23)24/h6-8,13,15,18,26,28H,4-5,10-11,14H2,1-3H3,(H,25,27)/t15-,18-/m1/s1. The molecule has 0 aliphatic rings. The van der Waals surface area contributed by atoms with E-state index in [2.05, 4.69) is 11.8 Å². The Morgan fingerprint density at radius 3 is 2.36 bits per heavy atom. The van der Waals surface area contributed by atoms with Crippen molar-refractivity contribution in [2.24, 2.45) is 5.92 Å². The van der Waals surface area contributed by atoms with E-state index in [-0.39, 0.29) is 6.54 Å². The summed E-state index contributed by atoms with van der Waals surface area (Å²) >= 11 is 0. The number of carbonyl (C=O) groups is 1. The van der Waals surface area contributed by atoms with E-state index in [1.807, 2.05) is 13.8 Å². The molecule has 7 heteroatoms. The monoisotopic (exact) mass is 399 g/mol. The van der Waals surface area contributed by atoms with Crippen molar-refractivity contribution in [1.82, 2.24) is 5.32 Å². The van der Waals surface area contributed by atoms with Gasteiger partial charge in [0.1, 0.15) is 5.60 Å². The maximum Gasteiger partial charge on any atom is 0.471 e. The van der Waals surface area contributed by atoms with Gasteiger partial charge in [-0.1, -0.05) is 57.6 Å². The van der Waals surface area contributed by atoms with Crippen LogP contribution in [0.1, 0.15) is 63.7 Å². The predicted molar refractivity (Wildman–Crippen MR) is 101 cm³/mol. The van der Waals surface area contributed by atoms with Gasteiger partial charge in [-0.15, -0.1) is 0 Å². The Labute approximate surface area is 164 Å². The minimum absolute atomic E-state index is 0.317. The molecule has 1 amide bonds. The molecule has 0 saturated heterocycles. The Kier molecular flexibility index (Phi) is 8.99. The average Bonchev–Trinajstić information content (AvgIpc) is 2.63. The summed E-state index contributed by atoms with van der Waals surface area (Å²) < 4.78 is 36.8. The van der Waals surface area contributed by atoms with E-state index in [1.165, 1.54) is 0 Å². The van der Waals surface area contributed by atoms with Crippen LogP contribution in [0.4, 0.5) is 13.2 Å². The number of halogens is 3. The highest BCUT2D eigenvalue weighted by Crippen LogP contribution is 2.23. The predicted octanol–water partition coefficient (Wildman–Crippen LogP) is 3.72. The third-order valence-corrected chi connectivity index (χ3v) is 4.38. The molecule has 28 heavy (non-hydrogen) atoms. The van der Waals surface area contributed by atoms with Crippen molar-refractivity contribution in [2.75, 3.05) is 6.54 Å². The van der Waals surface area contributed by atoms with Gasteiger partial charge in [0.05, 0.1) is 6.10 Å². The van der Waals surface area contributed by atoms with Crippen LogP contribution in [0.2, 0.25) is 0 Å². The van der Waals surface area contributed by atoms with Crippen LogP contribution in [-0.2, 0) is 4.79 Å². The molecule has 156 valence electrons. The summed E-state index contributed by atoms with van der Waals surface area (Å²) in [6.45, 7) is 5.17. The maximum atomic E-state index is 12.3. The number of amides is 1. The first-order chi connectivity index (χ1) is 13.0. The quantitative estimate of drug-likeness (QED) is 0.584. The number of aliphatic hydroxyl groups is 2. The highest BCUT2D eigenvalue weighted by atomic mass is 19.4. The maximum absolute atomic E-state index is 12.3. The number of hydrogen-bond acceptors (Lipinski definition) is 3. The van der Waals surface area contributed by atoms with Gasteiger partial charge in [-0.2, -0.15) is 13.2 Å². The molecule has 3 N–H and O–H groups in total. The van der Waals surface area contributed by atoms with Gasteiger partial charge in [0.2, 0.25) is 0 Å². The SMILES string of the molecule is CCCC(O)(C#Cc1cccc([C@H](O)[C@H](C)CNC(=O)C(F)(F)F)c1)CCC. The second-order valence-electron chi connectivity index (χ2n) is 7.04. The number of benzene rings is 1. The zero-order chi connectivity index (χ0) is 21.4. The zero-order valence-electron chi connectivity index (χ0n) is 16.4. The molecule has 0 bridgehead atoms. The van der Waals surface area contributed by atoms with Crippen molar-refractivity contribution in [3.8, 4) is 11.8 Å². The van der Waals surface area contributed by atoms with Crippen LogP contribution >= 0.6 is 0 Å². The molecule has 1 aromatic carbocycles. The number of nitrogens with one attached hydrogen (secondary N) is 1. The second kappa shape index (κ2) is 10.5. The Balaban J connectivity index is 2.87. The highest BCUT2D eigenvalue weighted by molar-refractivity contribution is 5.81. The molecule has 0 heterocycles. The topological polar surface area (TPSA) is 69.6 Å². The van der Waals surface area contributed by atoms with Gasteiger partial charge in [-0.05, 0) is 30.5 Å². The summed E-state index contributed by atoms with van der Waals surface area (Å²) in [7, 11) is 0. The van der Waals surface area contributed by atoms with E-state index in [0.29, 0.717) is 24.0 Å². The first-order valence-corrected chi connectivity index (χ1v) is 9.41. The lowest BCUT2D eigenvalue weighted by Crippen LogP contribution is -2.39. The van der Waals surface area contributed by atoms with Gasteiger partial charge in [0.15, 0.2) is 0 Å². The van der Waals surface area contributed by atoms with Crippen LogP contribution in [0.5, 0.6) is 0 Å². The molecule has 0 saturated carbocycles. The largest absolute Gasteiger partial charge is 0.471 e. The fourth-order valence-electron chi connectivity index (χ4n) is 2.86. The average molecular weight is 399 g/mol. The van der Waals surface area contributed by atoms with Crippen molar-refractivity contribution in [1.29, 1.82) is 0 Å². The van der Waals surface area contributed by atoms with E-state index in [9.17, 15) is 28.2 Å². The molecule has 0 unspecified atom stereocenters. The Bertz CT molecular complexity index is 701. The minimum Gasteiger partial charge on any atom is -0.388 e. The van der Waals surface area contributed by atoms with Crippen LogP contribution in [0.25, 0.3) is 0 Å². The number of rotatable bonds is 8. The molecule has 0 radical (unpaired) electrons. The fourth-order valence-corrected chi connectivity index (χ4v) is 2.86. The molecule has 1 aromatic rings. The van der Waals surface area contributed by atoms with Crippen molar-refractivity contribution < 1.29 is 28.2 Å². The summed E-state index contributed by atoms with van der Waals surface area (Å²) in [6, 6.07) is 6.69. The molecule has 0 aliphatic heterocycles. The fraction of sp³-hybridized carbons (Fsp3) is 0.571. The lowest BCUT2D eigenvalue weighted by molar-refractivity contribution is -0.173. The van der Waals surface area contributed by atoms with Crippen LogP contribution < -0.4 is 5.32 Å². The first-order valence-electron chi connectivity index (χ1n) is 9.41.